The molecule has 1 saturated heterocycles. The molecule has 1 aromatic heterocycles. The number of anilines is 1. The van der Waals surface area contributed by atoms with Crippen molar-refractivity contribution >= 4 is 11.8 Å². The van der Waals surface area contributed by atoms with Crippen LogP contribution in [0, 0.1) is 0 Å². The lowest BCUT2D eigenvalue weighted by atomic mass is 9.91. The number of hydrogen-bond acceptors (Lipinski definition) is 6. The Labute approximate surface area is 201 Å². The van der Waals surface area contributed by atoms with E-state index in [-0.39, 0.29) is 30.4 Å². The molecule has 3 heterocycles. The minimum absolute atomic E-state index is 0.0838. The van der Waals surface area contributed by atoms with Gasteiger partial charge >= 0.3 is 6.09 Å². The van der Waals surface area contributed by atoms with E-state index in [9.17, 15) is 4.79 Å². The van der Waals surface area contributed by atoms with Crippen molar-refractivity contribution in [3.63, 3.8) is 0 Å². The van der Waals surface area contributed by atoms with Gasteiger partial charge in [-0.05, 0) is 64.6 Å². The number of carbonyl (C=O) groups is 1. The SMILES string of the molecule is COC(=O)N1c2ccc(-c3cnn([C@H]4CCN(C)C[C@@H]4OC)c3)c(OC3CCC3)c2CC[C@@H]1C. The first-order valence-corrected chi connectivity index (χ1v) is 12.5. The van der Waals surface area contributed by atoms with Crippen molar-refractivity contribution in [3.8, 4) is 16.9 Å². The molecule has 0 radical (unpaired) electrons. The summed E-state index contributed by atoms with van der Waals surface area (Å²) in [6.45, 7) is 3.99. The summed E-state index contributed by atoms with van der Waals surface area (Å²) in [4.78, 5) is 16.7. The van der Waals surface area contributed by atoms with E-state index in [0.717, 1.165) is 73.3 Å². The monoisotopic (exact) mass is 468 g/mol. The van der Waals surface area contributed by atoms with Gasteiger partial charge in [0.05, 0.1) is 37.2 Å². The quantitative estimate of drug-likeness (QED) is 0.652. The molecule has 0 unspecified atom stereocenters. The number of fused-ring (bicyclic) bond motifs is 1. The van der Waals surface area contributed by atoms with E-state index in [1.165, 1.54) is 13.5 Å². The van der Waals surface area contributed by atoms with Crippen molar-refractivity contribution in [2.24, 2.45) is 0 Å². The van der Waals surface area contributed by atoms with Gasteiger partial charge < -0.3 is 19.1 Å². The van der Waals surface area contributed by atoms with Crippen LogP contribution in [0.2, 0.25) is 0 Å². The van der Waals surface area contributed by atoms with Crippen LogP contribution in [-0.2, 0) is 15.9 Å². The fourth-order valence-corrected chi connectivity index (χ4v) is 5.45. The van der Waals surface area contributed by atoms with Crippen molar-refractivity contribution in [1.29, 1.82) is 0 Å². The number of hydrogen-bond donors (Lipinski definition) is 0. The third-order valence-electron chi connectivity index (χ3n) is 7.74. The maximum Gasteiger partial charge on any atom is 0.414 e. The number of carbonyl (C=O) groups excluding carboxylic acids is 1. The number of benzene rings is 1. The largest absolute Gasteiger partial charge is 0.489 e. The van der Waals surface area contributed by atoms with Gasteiger partial charge in [0.15, 0.2) is 0 Å². The molecule has 1 saturated carbocycles. The van der Waals surface area contributed by atoms with E-state index in [2.05, 4.69) is 35.8 Å². The van der Waals surface area contributed by atoms with E-state index >= 15 is 0 Å². The Bertz CT molecular complexity index is 1030. The summed E-state index contributed by atoms with van der Waals surface area (Å²) in [5, 5.41) is 4.75. The number of ether oxygens (including phenoxy) is 3. The van der Waals surface area contributed by atoms with Gasteiger partial charge in [-0.3, -0.25) is 9.58 Å². The molecule has 8 nitrogen and oxygen atoms in total. The van der Waals surface area contributed by atoms with E-state index in [4.69, 9.17) is 19.3 Å². The Hall–Kier alpha value is -2.58. The first kappa shape index (κ1) is 23.2. The van der Waals surface area contributed by atoms with Gasteiger partial charge in [-0.25, -0.2) is 4.79 Å². The van der Waals surface area contributed by atoms with Gasteiger partial charge in [-0.1, -0.05) is 0 Å². The summed E-state index contributed by atoms with van der Waals surface area (Å²) in [7, 11) is 5.35. The molecule has 3 atom stereocenters. The number of nitrogens with zero attached hydrogens (tertiary/aromatic N) is 4. The molecule has 2 aliphatic heterocycles. The fraction of sp³-hybridized carbons (Fsp3) is 0.615. The second kappa shape index (κ2) is 9.58. The summed E-state index contributed by atoms with van der Waals surface area (Å²) < 4.78 is 19.6. The minimum atomic E-state index is -0.323. The molecule has 0 bridgehead atoms. The first-order chi connectivity index (χ1) is 16.5. The number of amides is 1. The number of piperidine rings is 1. The van der Waals surface area contributed by atoms with Crippen LogP contribution in [0.4, 0.5) is 10.5 Å². The molecule has 3 aliphatic rings. The number of aromatic nitrogens is 2. The zero-order valence-electron chi connectivity index (χ0n) is 20.7. The molecule has 5 rings (SSSR count). The van der Waals surface area contributed by atoms with Crippen LogP contribution in [0.1, 0.15) is 50.6 Å². The number of likely N-dealkylation sites (N-methyl/N-ethyl adjacent to an activating group) is 1. The Morgan fingerprint density at radius 1 is 1.15 bits per heavy atom. The maximum absolute atomic E-state index is 12.6. The van der Waals surface area contributed by atoms with Gasteiger partial charge in [0.2, 0.25) is 0 Å². The zero-order valence-corrected chi connectivity index (χ0v) is 20.7. The van der Waals surface area contributed by atoms with E-state index < -0.39 is 0 Å². The van der Waals surface area contributed by atoms with Crippen LogP contribution in [-0.4, -0.2) is 73.4 Å². The second-order valence-electron chi connectivity index (χ2n) is 9.94. The average Bonchev–Trinajstić information content (AvgIpc) is 3.30. The van der Waals surface area contributed by atoms with Crippen molar-refractivity contribution in [3.05, 3.63) is 30.1 Å². The van der Waals surface area contributed by atoms with Gasteiger partial charge in [-0.2, -0.15) is 5.10 Å². The third kappa shape index (κ3) is 4.18. The van der Waals surface area contributed by atoms with Crippen LogP contribution in [0.5, 0.6) is 5.75 Å². The van der Waals surface area contributed by atoms with Gasteiger partial charge in [0.25, 0.3) is 0 Å². The lowest BCUT2D eigenvalue weighted by Gasteiger charge is -2.37. The molecule has 184 valence electrons. The number of methoxy groups -OCH3 is 2. The van der Waals surface area contributed by atoms with Gasteiger partial charge in [0, 0.05) is 49.1 Å². The van der Waals surface area contributed by atoms with Crippen LogP contribution >= 0.6 is 0 Å². The molecule has 1 aromatic carbocycles. The van der Waals surface area contributed by atoms with Crippen molar-refractivity contribution in [1.82, 2.24) is 14.7 Å². The molecule has 0 spiro atoms. The lowest BCUT2D eigenvalue weighted by Crippen LogP contribution is -2.43. The van der Waals surface area contributed by atoms with Crippen LogP contribution in [0.25, 0.3) is 11.1 Å². The molecule has 0 N–H and O–H groups in total. The number of likely N-dealkylation sites (tertiary alicyclic amines) is 1. The van der Waals surface area contributed by atoms with E-state index in [1.807, 2.05) is 12.3 Å². The predicted octanol–water partition coefficient (Wildman–Crippen LogP) is 4.28. The summed E-state index contributed by atoms with van der Waals surface area (Å²) in [5.41, 5.74) is 4.06. The minimum Gasteiger partial charge on any atom is -0.489 e. The standard InChI is InChI=1S/C26H36N4O4/c1-17-8-9-21-22(30(17)26(31)33-4)11-10-20(25(21)34-19-6-5-7-19)18-14-27-29(15-18)23-12-13-28(2)16-24(23)32-3/h10-11,14-15,17,19,23-24H,5-9,12-13,16H2,1-4H3/t17-,23-,24-/m0/s1. The van der Waals surface area contributed by atoms with Gasteiger partial charge in [-0.15, -0.1) is 0 Å². The number of rotatable bonds is 5. The molecule has 8 heteroatoms. The highest BCUT2D eigenvalue weighted by molar-refractivity contribution is 5.92. The fourth-order valence-electron chi connectivity index (χ4n) is 5.45. The molecule has 1 aliphatic carbocycles. The molecular weight excluding hydrogens is 432 g/mol. The Kier molecular flexibility index (Phi) is 6.53. The summed E-state index contributed by atoms with van der Waals surface area (Å²) in [6.07, 6.45) is 10.2. The Balaban J connectivity index is 1.53. The highest BCUT2D eigenvalue weighted by Crippen LogP contribution is 2.45. The van der Waals surface area contributed by atoms with Crippen molar-refractivity contribution in [2.45, 2.75) is 69.7 Å². The van der Waals surface area contributed by atoms with E-state index in [1.54, 1.807) is 12.0 Å². The van der Waals surface area contributed by atoms with Crippen LogP contribution < -0.4 is 9.64 Å². The predicted molar refractivity (Wildman–Crippen MR) is 131 cm³/mol. The van der Waals surface area contributed by atoms with Crippen LogP contribution in [0.3, 0.4) is 0 Å². The van der Waals surface area contributed by atoms with Crippen LogP contribution in [0.15, 0.2) is 24.5 Å². The summed E-state index contributed by atoms with van der Waals surface area (Å²) in [5.74, 6) is 0.897. The molecule has 2 fully saturated rings. The maximum atomic E-state index is 12.6. The normalized spacial score (nSPS) is 25.5. The molecule has 1 amide bonds. The third-order valence-corrected chi connectivity index (χ3v) is 7.74. The molecular formula is C26H36N4O4. The highest BCUT2D eigenvalue weighted by atomic mass is 16.5. The smallest absolute Gasteiger partial charge is 0.414 e. The lowest BCUT2D eigenvalue weighted by molar-refractivity contribution is -0.00195. The van der Waals surface area contributed by atoms with Crippen molar-refractivity contribution in [2.75, 3.05) is 39.3 Å². The Morgan fingerprint density at radius 3 is 2.68 bits per heavy atom. The summed E-state index contributed by atoms with van der Waals surface area (Å²) >= 11 is 0. The summed E-state index contributed by atoms with van der Waals surface area (Å²) in [6, 6.07) is 4.40. The topological polar surface area (TPSA) is 69.1 Å². The van der Waals surface area contributed by atoms with E-state index in [0.29, 0.717) is 0 Å². The zero-order chi connectivity index (χ0) is 23.8. The molecule has 34 heavy (non-hydrogen) atoms. The first-order valence-electron chi connectivity index (χ1n) is 12.5. The Morgan fingerprint density at radius 2 is 1.97 bits per heavy atom. The highest BCUT2D eigenvalue weighted by Gasteiger charge is 2.34. The average molecular weight is 469 g/mol. The van der Waals surface area contributed by atoms with Gasteiger partial charge in [0.1, 0.15) is 5.75 Å². The van der Waals surface area contributed by atoms with Crippen molar-refractivity contribution < 1.29 is 19.0 Å². The second-order valence-corrected chi connectivity index (χ2v) is 9.94. The molecule has 2 aromatic rings.